The van der Waals surface area contributed by atoms with Gasteiger partial charge in [-0.2, -0.15) is 0 Å². The van der Waals surface area contributed by atoms with Gasteiger partial charge in [0.25, 0.3) is 0 Å². The molecule has 6 heteroatoms. The van der Waals surface area contributed by atoms with Gasteiger partial charge in [-0.3, -0.25) is 0 Å². The lowest BCUT2D eigenvalue weighted by atomic mass is 10.2. The molecule has 2 aromatic carbocycles. The molecule has 106 valence electrons. The molecule has 0 aliphatic rings. The molecule has 3 rings (SSSR count). The van der Waals surface area contributed by atoms with Crippen LogP contribution in [0.1, 0.15) is 10.4 Å². The van der Waals surface area contributed by atoms with Gasteiger partial charge < -0.3 is 9.67 Å². The Hall–Kier alpha value is -1.41. The van der Waals surface area contributed by atoms with Crippen LogP contribution in [0, 0.1) is 3.57 Å². The van der Waals surface area contributed by atoms with Gasteiger partial charge in [0.1, 0.15) is 5.82 Å². The van der Waals surface area contributed by atoms with Crippen molar-refractivity contribution in [1.82, 2.24) is 9.55 Å². The van der Waals surface area contributed by atoms with Gasteiger partial charge in [0, 0.05) is 20.7 Å². The summed E-state index contributed by atoms with van der Waals surface area (Å²) >= 11 is 5.80. The minimum Gasteiger partial charge on any atom is -0.478 e. The highest BCUT2D eigenvalue weighted by Crippen LogP contribution is 2.31. The van der Waals surface area contributed by atoms with Crippen LogP contribution in [0.2, 0.25) is 0 Å². The van der Waals surface area contributed by atoms with E-state index in [4.69, 9.17) is 5.11 Å². The van der Waals surface area contributed by atoms with Gasteiger partial charge in [0.2, 0.25) is 0 Å². The third-order valence-corrected chi connectivity index (χ3v) is 4.66. The van der Waals surface area contributed by atoms with Crippen LogP contribution in [0.4, 0.5) is 0 Å². The maximum Gasteiger partial charge on any atom is 0.335 e. The summed E-state index contributed by atoms with van der Waals surface area (Å²) in [5, 5.41) is 9.07. The zero-order valence-electron chi connectivity index (χ0n) is 11.0. The Labute approximate surface area is 143 Å². The van der Waals surface area contributed by atoms with Crippen molar-refractivity contribution in [2.75, 3.05) is 0 Å². The van der Waals surface area contributed by atoms with Crippen LogP contribution < -0.4 is 0 Å². The standard InChI is InChI=1S/C15H10BrIN2O2/c1-19-13-5-2-8(15(20)21)6-12(13)18-14(19)10-7-9(17)3-4-11(10)16/h2-7H,1H3,(H,20,21). The van der Waals surface area contributed by atoms with Crippen LogP contribution in [-0.4, -0.2) is 20.6 Å². The highest BCUT2D eigenvalue weighted by Gasteiger charge is 2.14. The summed E-state index contributed by atoms with van der Waals surface area (Å²) in [7, 11) is 1.93. The Morgan fingerprint density at radius 1 is 1.29 bits per heavy atom. The van der Waals surface area contributed by atoms with Crippen molar-refractivity contribution in [1.29, 1.82) is 0 Å². The molecule has 0 unspecified atom stereocenters. The largest absolute Gasteiger partial charge is 0.478 e. The van der Waals surface area contributed by atoms with Crippen LogP contribution in [-0.2, 0) is 7.05 Å². The second kappa shape index (κ2) is 5.42. The smallest absolute Gasteiger partial charge is 0.335 e. The van der Waals surface area contributed by atoms with Crippen LogP contribution in [0.5, 0.6) is 0 Å². The zero-order valence-corrected chi connectivity index (χ0v) is 14.7. The van der Waals surface area contributed by atoms with Crippen molar-refractivity contribution in [2.24, 2.45) is 7.05 Å². The van der Waals surface area contributed by atoms with E-state index in [0.29, 0.717) is 5.52 Å². The number of benzene rings is 2. The first-order valence-electron chi connectivity index (χ1n) is 6.12. The Bertz CT molecular complexity index is 873. The molecule has 0 fully saturated rings. The molecule has 0 aliphatic carbocycles. The fraction of sp³-hybridized carbons (Fsp3) is 0.0667. The molecular weight excluding hydrogens is 447 g/mol. The molecule has 4 nitrogen and oxygen atoms in total. The summed E-state index contributed by atoms with van der Waals surface area (Å²) in [6.07, 6.45) is 0. The van der Waals surface area contributed by atoms with Gasteiger partial charge in [-0.1, -0.05) is 15.9 Å². The highest BCUT2D eigenvalue weighted by atomic mass is 127. The second-order valence-corrected chi connectivity index (χ2v) is 6.73. The molecule has 1 N–H and O–H groups in total. The predicted octanol–water partition coefficient (Wildman–Crippen LogP) is 4.31. The first kappa shape index (κ1) is 14.5. The molecule has 0 saturated carbocycles. The van der Waals surface area contributed by atoms with E-state index in [2.05, 4.69) is 43.5 Å². The maximum absolute atomic E-state index is 11.1. The van der Waals surface area contributed by atoms with E-state index in [1.165, 1.54) is 0 Å². The molecule has 0 atom stereocenters. The monoisotopic (exact) mass is 456 g/mol. The number of halogens is 2. The average molecular weight is 457 g/mol. The lowest BCUT2D eigenvalue weighted by Gasteiger charge is -2.05. The summed E-state index contributed by atoms with van der Waals surface area (Å²) in [6.45, 7) is 0. The lowest BCUT2D eigenvalue weighted by molar-refractivity contribution is 0.0697. The third-order valence-electron chi connectivity index (χ3n) is 3.30. The molecule has 0 radical (unpaired) electrons. The number of fused-ring (bicyclic) bond motifs is 1. The van der Waals surface area contributed by atoms with Crippen molar-refractivity contribution in [3.05, 3.63) is 50.0 Å². The molecule has 0 aliphatic heterocycles. The topological polar surface area (TPSA) is 55.1 Å². The van der Waals surface area contributed by atoms with Crippen LogP contribution >= 0.6 is 38.5 Å². The van der Waals surface area contributed by atoms with Crippen molar-refractivity contribution >= 4 is 55.5 Å². The van der Waals surface area contributed by atoms with E-state index in [1.54, 1.807) is 18.2 Å². The molecular formula is C15H10BrIN2O2. The van der Waals surface area contributed by atoms with E-state index in [-0.39, 0.29) is 5.56 Å². The Morgan fingerprint density at radius 2 is 2.05 bits per heavy atom. The number of rotatable bonds is 2. The summed E-state index contributed by atoms with van der Waals surface area (Å²) in [6, 6.07) is 11.0. The fourth-order valence-corrected chi connectivity index (χ4v) is 3.16. The minimum atomic E-state index is -0.945. The predicted molar refractivity (Wildman–Crippen MR) is 93.5 cm³/mol. The second-order valence-electron chi connectivity index (χ2n) is 4.63. The number of aromatic carboxylic acids is 1. The van der Waals surface area contributed by atoms with Crippen molar-refractivity contribution < 1.29 is 9.90 Å². The normalized spacial score (nSPS) is 11.0. The summed E-state index contributed by atoms with van der Waals surface area (Å²) in [4.78, 5) is 15.7. The van der Waals surface area contributed by atoms with Gasteiger partial charge in [-0.25, -0.2) is 9.78 Å². The number of aryl methyl sites for hydroxylation is 1. The van der Waals surface area contributed by atoms with Crippen LogP contribution in [0.15, 0.2) is 40.9 Å². The zero-order chi connectivity index (χ0) is 15.1. The first-order chi connectivity index (χ1) is 9.97. The summed E-state index contributed by atoms with van der Waals surface area (Å²) < 4.78 is 4.04. The number of carbonyl (C=O) groups is 1. The Balaban J connectivity index is 2.26. The number of imidazole rings is 1. The molecule has 1 heterocycles. The highest BCUT2D eigenvalue weighted by molar-refractivity contribution is 14.1. The van der Waals surface area contributed by atoms with Crippen LogP contribution in [0.25, 0.3) is 22.4 Å². The number of hydrogen-bond acceptors (Lipinski definition) is 2. The van der Waals surface area contributed by atoms with Crippen LogP contribution in [0.3, 0.4) is 0 Å². The number of hydrogen-bond donors (Lipinski definition) is 1. The Kier molecular flexibility index (Phi) is 3.75. The third kappa shape index (κ3) is 2.57. The van der Waals surface area contributed by atoms with E-state index in [1.807, 2.05) is 29.8 Å². The average Bonchev–Trinajstić information content (AvgIpc) is 2.78. The molecule has 3 aromatic rings. The molecule has 1 aromatic heterocycles. The van der Waals surface area contributed by atoms with Crippen molar-refractivity contribution in [2.45, 2.75) is 0 Å². The maximum atomic E-state index is 11.1. The van der Waals surface area contributed by atoms with Gasteiger partial charge in [-0.05, 0) is 59.0 Å². The number of nitrogens with zero attached hydrogens (tertiary/aromatic N) is 2. The van der Waals surface area contributed by atoms with Crippen molar-refractivity contribution in [3.8, 4) is 11.4 Å². The number of aromatic nitrogens is 2. The Morgan fingerprint density at radius 3 is 2.76 bits per heavy atom. The molecule has 0 amide bonds. The fourth-order valence-electron chi connectivity index (χ4n) is 2.24. The van der Waals surface area contributed by atoms with Crippen molar-refractivity contribution in [3.63, 3.8) is 0 Å². The molecule has 0 spiro atoms. The van der Waals surface area contributed by atoms with Gasteiger partial charge in [0.05, 0.1) is 16.6 Å². The minimum absolute atomic E-state index is 0.244. The number of carboxylic acid groups (broad SMARTS) is 1. The van der Waals surface area contributed by atoms with E-state index in [0.717, 1.165) is 24.9 Å². The van der Waals surface area contributed by atoms with E-state index >= 15 is 0 Å². The molecule has 0 saturated heterocycles. The quantitative estimate of drug-likeness (QED) is 0.585. The SMILES string of the molecule is Cn1c(-c2cc(I)ccc2Br)nc2cc(C(=O)O)ccc21. The van der Waals surface area contributed by atoms with Gasteiger partial charge >= 0.3 is 5.97 Å². The lowest BCUT2D eigenvalue weighted by Crippen LogP contribution is -1.96. The summed E-state index contributed by atoms with van der Waals surface area (Å²) in [5.74, 6) is -0.141. The first-order valence-corrected chi connectivity index (χ1v) is 8.00. The van der Waals surface area contributed by atoms with E-state index < -0.39 is 5.97 Å². The van der Waals surface area contributed by atoms with E-state index in [9.17, 15) is 4.79 Å². The van der Waals surface area contributed by atoms with Gasteiger partial charge in [0.15, 0.2) is 0 Å². The molecule has 0 bridgehead atoms. The summed E-state index contributed by atoms with van der Waals surface area (Å²) in [5.41, 5.74) is 2.81. The number of carboxylic acids is 1. The molecule has 21 heavy (non-hydrogen) atoms. The van der Waals surface area contributed by atoms with Gasteiger partial charge in [-0.15, -0.1) is 0 Å².